The van der Waals surface area contributed by atoms with E-state index in [1.54, 1.807) is 6.07 Å². The average molecular weight is 425 g/mol. The molecule has 2 N–H and O–H groups in total. The minimum atomic E-state index is -1.07. The number of nitrogens with one attached hydrogen (secondary N) is 2. The predicted octanol–water partition coefficient (Wildman–Crippen LogP) is 3.88. The van der Waals surface area contributed by atoms with E-state index in [0.717, 1.165) is 24.2 Å². The molecular formula is C23H21F2N3O3. The minimum Gasteiger partial charge on any atom is -0.467 e. The van der Waals surface area contributed by atoms with Crippen molar-refractivity contribution in [2.45, 2.75) is 25.9 Å². The van der Waals surface area contributed by atoms with Crippen LogP contribution in [0, 0.1) is 11.6 Å². The second-order valence-electron chi connectivity index (χ2n) is 7.43. The molecular weight excluding hydrogens is 404 g/mol. The van der Waals surface area contributed by atoms with Gasteiger partial charge in [0.2, 0.25) is 5.91 Å². The third-order valence-corrected chi connectivity index (χ3v) is 5.27. The molecule has 0 saturated carbocycles. The van der Waals surface area contributed by atoms with Crippen LogP contribution >= 0.6 is 0 Å². The van der Waals surface area contributed by atoms with Gasteiger partial charge in [0.15, 0.2) is 11.6 Å². The van der Waals surface area contributed by atoms with Gasteiger partial charge in [-0.25, -0.2) is 8.78 Å². The zero-order valence-electron chi connectivity index (χ0n) is 16.8. The Hall–Kier alpha value is -3.68. The number of anilines is 2. The fourth-order valence-electron chi connectivity index (χ4n) is 3.73. The fourth-order valence-corrected chi connectivity index (χ4v) is 3.73. The molecule has 31 heavy (non-hydrogen) atoms. The van der Waals surface area contributed by atoms with Gasteiger partial charge >= 0.3 is 0 Å². The van der Waals surface area contributed by atoms with Crippen LogP contribution in [-0.2, 0) is 17.8 Å². The van der Waals surface area contributed by atoms with Crippen molar-refractivity contribution in [2.75, 3.05) is 16.8 Å². The van der Waals surface area contributed by atoms with Gasteiger partial charge in [-0.05, 0) is 43.2 Å². The van der Waals surface area contributed by atoms with E-state index in [0.29, 0.717) is 17.9 Å². The molecule has 0 spiro atoms. The summed E-state index contributed by atoms with van der Waals surface area (Å²) >= 11 is 0. The van der Waals surface area contributed by atoms with E-state index < -0.39 is 23.4 Å². The number of para-hydroxylation sites is 1. The highest BCUT2D eigenvalue weighted by molar-refractivity contribution is 5.99. The van der Waals surface area contributed by atoms with E-state index in [-0.39, 0.29) is 18.3 Å². The van der Waals surface area contributed by atoms with E-state index >= 15 is 0 Å². The number of carbonyl (C=O) groups is 2. The summed E-state index contributed by atoms with van der Waals surface area (Å²) in [7, 11) is 0. The van der Waals surface area contributed by atoms with Gasteiger partial charge in [0.05, 0.1) is 24.9 Å². The number of halogens is 2. The summed E-state index contributed by atoms with van der Waals surface area (Å²) in [5, 5.41) is 4.94. The van der Waals surface area contributed by atoms with Gasteiger partial charge in [0, 0.05) is 23.5 Å². The van der Waals surface area contributed by atoms with E-state index in [1.807, 2.05) is 18.2 Å². The lowest BCUT2D eigenvalue weighted by molar-refractivity contribution is -0.115. The molecule has 1 atom stereocenters. The first-order valence-corrected chi connectivity index (χ1v) is 9.86. The SMILES string of the molecule is CC1Cc2ccccc2N1Cc1occc1C(=O)NCC(=O)Nc1ccc(F)c(F)c1. The van der Waals surface area contributed by atoms with E-state index in [4.69, 9.17) is 4.42 Å². The number of nitrogens with zero attached hydrogens (tertiary/aromatic N) is 1. The molecule has 3 aromatic rings. The number of rotatable bonds is 6. The molecule has 0 radical (unpaired) electrons. The maximum absolute atomic E-state index is 13.3. The predicted molar refractivity (Wildman–Crippen MR) is 112 cm³/mol. The van der Waals surface area contributed by atoms with E-state index in [9.17, 15) is 18.4 Å². The van der Waals surface area contributed by atoms with Gasteiger partial charge in [-0.15, -0.1) is 0 Å². The lowest BCUT2D eigenvalue weighted by Gasteiger charge is -2.24. The molecule has 1 aromatic heterocycles. The van der Waals surface area contributed by atoms with Crippen LogP contribution in [0.4, 0.5) is 20.2 Å². The molecule has 1 aliphatic heterocycles. The topological polar surface area (TPSA) is 74.6 Å². The molecule has 2 amide bonds. The van der Waals surface area contributed by atoms with Crippen LogP contribution in [0.25, 0.3) is 0 Å². The van der Waals surface area contributed by atoms with Gasteiger partial charge in [-0.3, -0.25) is 9.59 Å². The minimum absolute atomic E-state index is 0.101. The first-order chi connectivity index (χ1) is 14.9. The largest absolute Gasteiger partial charge is 0.467 e. The third-order valence-electron chi connectivity index (χ3n) is 5.27. The Morgan fingerprint density at radius 1 is 1.13 bits per heavy atom. The number of fused-ring (bicyclic) bond motifs is 1. The van der Waals surface area contributed by atoms with Crippen molar-refractivity contribution in [2.24, 2.45) is 0 Å². The number of hydrogen-bond donors (Lipinski definition) is 2. The molecule has 4 rings (SSSR count). The van der Waals surface area contributed by atoms with Gasteiger partial charge in [-0.1, -0.05) is 18.2 Å². The van der Waals surface area contributed by atoms with Crippen molar-refractivity contribution >= 4 is 23.2 Å². The summed E-state index contributed by atoms with van der Waals surface area (Å²) < 4.78 is 31.8. The lowest BCUT2D eigenvalue weighted by atomic mass is 10.1. The van der Waals surface area contributed by atoms with Crippen LogP contribution in [0.15, 0.2) is 59.2 Å². The van der Waals surface area contributed by atoms with Gasteiger partial charge in [-0.2, -0.15) is 0 Å². The van der Waals surface area contributed by atoms with Crippen molar-refractivity contribution in [1.29, 1.82) is 0 Å². The van der Waals surface area contributed by atoms with Crippen molar-refractivity contribution < 1.29 is 22.8 Å². The Balaban J connectivity index is 1.38. The average Bonchev–Trinajstić information content (AvgIpc) is 3.34. The van der Waals surface area contributed by atoms with Gasteiger partial charge < -0.3 is 20.0 Å². The first kappa shape index (κ1) is 20.6. The number of amides is 2. The quantitative estimate of drug-likeness (QED) is 0.629. The summed E-state index contributed by atoms with van der Waals surface area (Å²) in [5.74, 6) is -2.59. The maximum atomic E-state index is 13.3. The van der Waals surface area contributed by atoms with Crippen molar-refractivity contribution in [3.63, 3.8) is 0 Å². The van der Waals surface area contributed by atoms with Crippen molar-refractivity contribution in [3.8, 4) is 0 Å². The molecule has 0 saturated heterocycles. The van der Waals surface area contributed by atoms with Crippen LogP contribution in [0.1, 0.15) is 28.6 Å². The number of hydrogen-bond acceptors (Lipinski definition) is 4. The van der Waals surface area contributed by atoms with Crippen LogP contribution in [0.2, 0.25) is 0 Å². The van der Waals surface area contributed by atoms with E-state index in [2.05, 4.69) is 28.5 Å². The van der Waals surface area contributed by atoms with Crippen molar-refractivity contribution in [3.05, 3.63) is 83.3 Å². The number of furan rings is 1. The van der Waals surface area contributed by atoms with Crippen LogP contribution < -0.4 is 15.5 Å². The molecule has 6 nitrogen and oxygen atoms in total. The molecule has 1 aliphatic rings. The Kier molecular flexibility index (Phi) is 5.70. The highest BCUT2D eigenvalue weighted by Gasteiger charge is 2.28. The molecule has 8 heteroatoms. The van der Waals surface area contributed by atoms with Crippen LogP contribution in [-0.4, -0.2) is 24.4 Å². The molecule has 0 fully saturated rings. The fraction of sp³-hybridized carbons (Fsp3) is 0.217. The zero-order valence-corrected chi connectivity index (χ0v) is 16.8. The van der Waals surface area contributed by atoms with E-state index in [1.165, 1.54) is 17.9 Å². The molecule has 2 heterocycles. The van der Waals surface area contributed by atoms with Crippen molar-refractivity contribution in [1.82, 2.24) is 5.32 Å². The normalized spacial score (nSPS) is 14.9. The number of benzene rings is 2. The third kappa shape index (κ3) is 4.42. The number of carbonyl (C=O) groups excluding carboxylic acids is 2. The van der Waals surface area contributed by atoms with Gasteiger partial charge in [0.25, 0.3) is 5.91 Å². The highest BCUT2D eigenvalue weighted by atomic mass is 19.2. The molecule has 0 aliphatic carbocycles. The first-order valence-electron chi connectivity index (χ1n) is 9.86. The molecule has 160 valence electrons. The molecule has 1 unspecified atom stereocenters. The Bertz CT molecular complexity index is 1130. The van der Waals surface area contributed by atoms with Crippen LogP contribution in [0.3, 0.4) is 0 Å². The summed E-state index contributed by atoms with van der Waals surface area (Å²) in [5.41, 5.74) is 2.81. The summed E-state index contributed by atoms with van der Waals surface area (Å²) in [6, 6.07) is 13.0. The molecule has 2 aromatic carbocycles. The summed E-state index contributed by atoms with van der Waals surface area (Å²) in [6.45, 7) is 2.21. The standard InChI is InChI=1S/C23H21F2N3O3/c1-14-10-15-4-2-3-5-20(15)28(14)13-21-17(8-9-31-21)23(30)26-12-22(29)27-16-6-7-18(24)19(25)11-16/h2-9,11,14H,10,12-13H2,1H3,(H,26,30)(H,27,29). The molecule has 0 bridgehead atoms. The van der Waals surface area contributed by atoms with Crippen LogP contribution in [0.5, 0.6) is 0 Å². The second kappa shape index (κ2) is 8.59. The lowest BCUT2D eigenvalue weighted by Crippen LogP contribution is -2.34. The second-order valence-corrected chi connectivity index (χ2v) is 7.43. The highest BCUT2D eigenvalue weighted by Crippen LogP contribution is 2.33. The maximum Gasteiger partial charge on any atom is 0.255 e. The Morgan fingerprint density at radius 3 is 2.74 bits per heavy atom. The summed E-state index contributed by atoms with van der Waals surface area (Å²) in [4.78, 5) is 26.8. The van der Waals surface area contributed by atoms with Gasteiger partial charge in [0.1, 0.15) is 5.76 Å². The smallest absolute Gasteiger partial charge is 0.255 e. The Labute approximate surface area is 177 Å². The monoisotopic (exact) mass is 425 g/mol. The Morgan fingerprint density at radius 2 is 1.94 bits per heavy atom. The summed E-state index contributed by atoms with van der Waals surface area (Å²) in [6.07, 6.45) is 2.36. The zero-order chi connectivity index (χ0) is 22.0.